The van der Waals surface area contributed by atoms with Crippen LogP contribution >= 0.6 is 11.8 Å². The number of hydrogen-bond acceptors (Lipinski definition) is 2. The van der Waals surface area contributed by atoms with E-state index < -0.39 is 6.61 Å². The van der Waals surface area contributed by atoms with Gasteiger partial charge in [-0.15, -0.1) is 11.8 Å². The molecule has 0 atom stereocenters. The molecule has 1 nitrogen and oxygen atoms in total. The Bertz CT molecular complexity index is 347. The molecule has 0 bridgehead atoms. The third kappa shape index (κ3) is 4.66. The van der Waals surface area contributed by atoms with Crippen LogP contribution in [0.3, 0.4) is 0 Å². The van der Waals surface area contributed by atoms with Crippen LogP contribution in [-0.2, 0) is 0 Å². The predicted molar refractivity (Wildman–Crippen MR) is 64.9 cm³/mol. The molecule has 0 heterocycles. The Kier molecular flexibility index (Phi) is 5.32. The van der Waals surface area contributed by atoms with E-state index in [2.05, 4.69) is 11.7 Å². The standard InChI is InChI=1S/C12H14F2OS/c1-3-16-9(2)8-10-4-6-11(7-5-10)15-12(13)14/h4-8,12H,3H2,1-2H3/b9-8+. The summed E-state index contributed by atoms with van der Waals surface area (Å²) in [6.07, 6.45) is 2.01. The van der Waals surface area contributed by atoms with Crippen molar-refractivity contribution in [3.63, 3.8) is 0 Å². The molecule has 0 aliphatic heterocycles. The molecule has 0 saturated carbocycles. The van der Waals surface area contributed by atoms with Gasteiger partial charge in [-0.1, -0.05) is 19.1 Å². The van der Waals surface area contributed by atoms with Gasteiger partial charge in [-0.05, 0) is 41.4 Å². The van der Waals surface area contributed by atoms with Crippen LogP contribution in [0.1, 0.15) is 19.4 Å². The second-order valence-corrected chi connectivity index (χ2v) is 4.65. The summed E-state index contributed by atoms with van der Waals surface area (Å²) in [4.78, 5) is 1.20. The van der Waals surface area contributed by atoms with E-state index in [9.17, 15) is 8.78 Å². The van der Waals surface area contributed by atoms with Crippen LogP contribution in [0.4, 0.5) is 8.78 Å². The molecule has 1 rings (SSSR count). The lowest BCUT2D eigenvalue weighted by atomic mass is 10.2. The lowest BCUT2D eigenvalue weighted by Gasteiger charge is -2.04. The minimum absolute atomic E-state index is 0.188. The summed E-state index contributed by atoms with van der Waals surface area (Å²) in [6.45, 7) is 1.35. The number of rotatable bonds is 5. The summed E-state index contributed by atoms with van der Waals surface area (Å²) in [5.41, 5.74) is 0.986. The average molecular weight is 244 g/mol. The Morgan fingerprint density at radius 3 is 2.50 bits per heavy atom. The minimum atomic E-state index is -2.77. The first kappa shape index (κ1) is 13.0. The quantitative estimate of drug-likeness (QED) is 0.759. The van der Waals surface area contributed by atoms with Gasteiger partial charge in [0.25, 0.3) is 0 Å². The van der Waals surface area contributed by atoms with Crippen LogP contribution in [-0.4, -0.2) is 12.4 Å². The highest BCUT2D eigenvalue weighted by molar-refractivity contribution is 8.03. The number of halogens is 2. The van der Waals surface area contributed by atoms with E-state index in [-0.39, 0.29) is 5.75 Å². The summed E-state index contributed by atoms with van der Waals surface area (Å²) < 4.78 is 28.1. The van der Waals surface area contributed by atoms with E-state index in [1.165, 1.54) is 4.91 Å². The number of thioether (sulfide) groups is 1. The second-order valence-electron chi connectivity index (χ2n) is 3.14. The smallest absolute Gasteiger partial charge is 0.387 e. The molecule has 0 spiro atoms. The summed E-state index contributed by atoms with van der Waals surface area (Å²) in [6, 6.07) is 6.61. The third-order valence-corrected chi connectivity index (χ3v) is 2.71. The SMILES string of the molecule is CCS/C(C)=C/c1ccc(OC(F)F)cc1. The zero-order chi connectivity index (χ0) is 12.0. The third-order valence-electron chi connectivity index (χ3n) is 1.85. The number of benzene rings is 1. The van der Waals surface area contributed by atoms with Gasteiger partial charge in [0.15, 0.2) is 0 Å². The Labute approximate surface area is 98.5 Å². The van der Waals surface area contributed by atoms with Crippen LogP contribution in [0.2, 0.25) is 0 Å². The van der Waals surface area contributed by atoms with Crippen molar-refractivity contribution >= 4 is 17.8 Å². The highest BCUT2D eigenvalue weighted by Gasteiger charge is 2.02. The van der Waals surface area contributed by atoms with Crippen LogP contribution in [0.5, 0.6) is 5.75 Å². The first-order chi connectivity index (χ1) is 7.61. The normalized spacial score (nSPS) is 11.9. The van der Waals surface area contributed by atoms with Gasteiger partial charge in [0.2, 0.25) is 0 Å². The molecule has 1 aromatic rings. The van der Waals surface area contributed by atoms with Gasteiger partial charge in [0.1, 0.15) is 5.75 Å². The molecule has 0 amide bonds. The maximum absolute atomic E-state index is 11.9. The van der Waals surface area contributed by atoms with Crippen molar-refractivity contribution in [2.45, 2.75) is 20.5 Å². The second kappa shape index (κ2) is 6.53. The molecule has 0 aromatic heterocycles. The first-order valence-corrected chi connectivity index (χ1v) is 5.96. The van der Waals surface area contributed by atoms with Gasteiger partial charge in [-0.25, -0.2) is 0 Å². The number of ether oxygens (including phenoxy) is 1. The Morgan fingerprint density at radius 1 is 1.38 bits per heavy atom. The molecule has 0 saturated heterocycles. The Hall–Kier alpha value is -1.03. The first-order valence-electron chi connectivity index (χ1n) is 4.97. The largest absolute Gasteiger partial charge is 0.435 e. The van der Waals surface area contributed by atoms with Gasteiger partial charge in [0.05, 0.1) is 0 Å². The molecule has 1 aromatic carbocycles. The van der Waals surface area contributed by atoms with Gasteiger partial charge in [0, 0.05) is 0 Å². The number of allylic oxidation sites excluding steroid dienone is 1. The summed E-state index contributed by atoms with van der Waals surface area (Å²) in [7, 11) is 0. The fourth-order valence-electron chi connectivity index (χ4n) is 1.25. The molecule has 0 N–H and O–H groups in total. The van der Waals surface area contributed by atoms with Crippen molar-refractivity contribution < 1.29 is 13.5 Å². The Balaban J connectivity index is 2.67. The zero-order valence-corrected chi connectivity index (χ0v) is 10.1. The van der Waals surface area contributed by atoms with Crippen molar-refractivity contribution in [3.05, 3.63) is 34.7 Å². The monoisotopic (exact) mass is 244 g/mol. The van der Waals surface area contributed by atoms with Gasteiger partial charge >= 0.3 is 6.61 Å². The summed E-state index contributed by atoms with van der Waals surface area (Å²) in [5, 5.41) is 0. The van der Waals surface area contributed by atoms with Gasteiger partial charge in [-0.3, -0.25) is 0 Å². The molecule has 0 unspecified atom stereocenters. The molecular formula is C12H14F2OS. The van der Waals surface area contributed by atoms with E-state index in [1.807, 2.05) is 13.0 Å². The number of hydrogen-bond donors (Lipinski definition) is 0. The molecular weight excluding hydrogens is 230 g/mol. The molecule has 0 aliphatic carbocycles. The topological polar surface area (TPSA) is 9.23 Å². The minimum Gasteiger partial charge on any atom is -0.435 e. The van der Waals surface area contributed by atoms with Crippen molar-refractivity contribution in [1.82, 2.24) is 0 Å². The molecule has 88 valence electrons. The molecule has 0 fully saturated rings. The predicted octanol–water partition coefficient (Wildman–Crippen LogP) is 4.40. The molecule has 4 heteroatoms. The van der Waals surface area contributed by atoms with Crippen LogP contribution in [0.25, 0.3) is 6.08 Å². The van der Waals surface area contributed by atoms with Crippen LogP contribution in [0, 0.1) is 0 Å². The van der Waals surface area contributed by atoms with Gasteiger partial charge < -0.3 is 4.74 Å². The summed E-state index contributed by atoms with van der Waals surface area (Å²) in [5.74, 6) is 1.21. The maximum atomic E-state index is 11.9. The average Bonchev–Trinajstić information content (AvgIpc) is 2.20. The van der Waals surface area contributed by atoms with E-state index in [1.54, 1.807) is 36.0 Å². The van der Waals surface area contributed by atoms with E-state index in [4.69, 9.17) is 0 Å². The van der Waals surface area contributed by atoms with Crippen molar-refractivity contribution in [2.75, 3.05) is 5.75 Å². The highest BCUT2D eigenvalue weighted by Crippen LogP contribution is 2.20. The van der Waals surface area contributed by atoms with Crippen molar-refractivity contribution in [3.8, 4) is 5.75 Å². The molecule has 0 radical (unpaired) electrons. The fourth-order valence-corrected chi connectivity index (χ4v) is 1.92. The van der Waals surface area contributed by atoms with Crippen LogP contribution < -0.4 is 4.74 Å². The van der Waals surface area contributed by atoms with Crippen LogP contribution in [0.15, 0.2) is 29.2 Å². The lowest BCUT2D eigenvalue weighted by molar-refractivity contribution is -0.0498. The Morgan fingerprint density at radius 2 is 2.00 bits per heavy atom. The molecule has 0 aliphatic rings. The van der Waals surface area contributed by atoms with E-state index in [0.717, 1.165) is 11.3 Å². The number of alkyl halides is 2. The highest BCUT2D eigenvalue weighted by atomic mass is 32.2. The fraction of sp³-hybridized carbons (Fsp3) is 0.333. The van der Waals surface area contributed by atoms with E-state index >= 15 is 0 Å². The van der Waals surface area contributed by atoms with Gasteiger partial charge in [-0.2, -0.15) is 8.78 Å². The summed E-state index contributed by atoms with van der Waals surface area (Å²) >= 11 is 1.75. The van der Waals surface area contributed by atoms with Crippen molar-refractivity contribution in [1.29, 1.82) is 0 Å². The van der Waals surface area contributed by atoms with Crippen molar-refractivity contribution in [2.24, 2.45) is 0 Å². The maximum Gasteiger partial charge on any atom is 0.387 e. The zero-order valence-electron chi connectivity index (χ0n) is 9.24. The molecule has 16 heavy (non-hydrogen) atoms. The lowest BCUT2D eigenvalue weighted by Crippen LogP contribution is -2.01. The van der Waals surface area contributed by atoms with E-state index in [0.29, 0.717) is 0 Å².